The van der Waals surface area contributed by atoms with E-state index in [1.54, 1.807) is 42.5 Å². The summed E-state index contributed by atoms with van der Waals surface area (Å²) in [5.41, 5.74) is 0.972. The highest BCUT2D eigenvalue weighted by Gasteiger charge is 2.26. The molecule has 1 heterocycles. The lowest BCUT2D eigenvalue weighted by Crippen LogP contribution is -2.22. The summed E-state index contributed by atoms with van der Waals surface area (Å²) in [4.78, 5) is 23.3. The molecule has 0 aromatic heterocycles. The molecule has 31 heavy (non-hydrogen) atoms. The molecule has 0 aliphatic carbocycles. The van der Waals surface area contributed by atoms with E-state index in [0.29, 0.717) is 35.6 Å². The van der Waals surface area contributed by atoms with Gasteiger partial charge in [-0.3, -0.25) is 5.32 Å². The molecule has 2 aromatic carbocycles. The van der Waals surface area contributed by atoms with Crippen molar-refractivity contribution in [2.45, 2.75) is 25.9 Å². The van der Waals surface area contributed by atoms with Gasteiger partial charge in [0.05, 0.1) is 0 Å². The molecule has 0 saturated heterocycles. The zero-order valence-electron chi connectivity index (χ0n) is 16.7. The van der Waals surface area contributed by atoms with Crippen LogP contribution in [0.5, 0.6) is 17.2 Å². The maximum atomic E-state index is 12.6. The molecule has 0 saturated carbocycles. The Kier molecular flexibility index (Phi) is 7.61. The van der Waals surface area contributed by atoms with Gasteiger partial charge in [0.1, 0.15) is 11.9 Å². The molecule has 1 aliphatic rings. The maximum absolute atomic E-state index is 12.6. The van der Waals surface area contributed by atoms with Crippen LogP contribution in [0.1, 0.15) is 31.4 Å². The molecule has 0 bridgehead atoms. The number of nitrogens with one attached hydrogen (secondary N) is 1. The van der Waals surface area contributed by atoms with E-state index in [2.05, 4.69) is 27.9 Å². The first kappa shape index (κ1) is 22.7. The van der Waals surface area contributed by atoms with Crippen molar-refractivity contribution in [1.82, 2.24) is 0 Å². The quantitative estimate of drug-likeness (QED) is 0.317. The van der Waals surface area contributed by atoms with Crippen molar-refractivity contribution in [1.29, 1.82) is 0 Å². The number of carboxylic acids is 1. The Hall–Kier alpha value is -2.95. The topological polar surface area (TPSA) is 114 Å². The van der Waals surface area contributed by atoms with Gasteiger partial charge in [0, 0.05) is 27.0 Å². The van der Waals surface area contributed by atoms with Gasteiger partial charge in [0.15, 0.2) is 11.5 Å². The second-order valence-electron chi connectivity index (χ2n) is 7.02. The summed E-state index contributed by atoms with van der Waals surface area (Å²) in [5, 5.41) is 21.8. The number of rotatable bonds is 8. The number of benzene rings is 2. The van der Waals surface area contributed by atoms with Gasteiger partial charge < -0.3 is 24.4 Å². The summed E-state index contributed by atoms with van der Waals surface area (Å²) in [6.07, 6.45) is 2.25. The minimum atomic E-state index is -1.01. The monoisotopic (exact) mass is 539 g/mol. The number of hydrogen-bond donors (Lipinski definition) is 3. The first-order valence-electron chi connectivity index (χ1n) is 9.58. The molecular formula is C22H22INO7. The molecule has 164 valence electrons. The van der Waals surface area contributed by atoms with E-state index >= 15 is 0 Å². The van der Waals surface area contributed by atoms with Gasteiger partial charge in [0.25, 0.3) is 0 Å². The summed E-state index contributed by atoms with van der Waals surface area (Å²) >= 11 is 2.12. The maximum Gasteiger partial charge on any atom is 0.412 e. The lowest BCUT2D eigenvalue weighted by Gasteiger charge is -2.25. The number of fused-ring (bicyclic) bond motifs is 1. The van der Waals surface area contributed by atoms with E-state index in [1.165, 1.54) is 0 Å². The number of allylic oxidation sites excluding steroid dienone is 1. The second-order valence-corrected chi connectivity index (χ2v) is 8.26. The molecule has 0 radical (unpaired) electrons. The van der Waals surface area contributed by atoms with E-state index in [9.17, 15) is 14.7 Å². The van der Waals surface area contributed by atoms with Crippen molar-refractivity contribution in [2.75, 3.05) is 12.1 Å². The van der Waals surface area contributed by atoms with Crippen LogP contribution >= 0.6 is 22.6 Å². The van der Waals surface area contributed by atoms with Crippen molar-refractivity contribution in [3.05, 3.63) is 57.7 Å². The van der Waals surface area contributed by atoms with Crippen LogP contribution in [0, 0.1) is 9.49 Å². The first-order valence-corrected chi connectivity index (χ1v) is 10.7. The van der Waals surface area contributed by atoms with Gasteiger partial charge in [-0.05, 0) is 71.7 Å². The van der Waals surface area contributed by atoms with Gasteiger partial charge in [-0.25, -0.2) is 9.59 Å². The fourth-order valence-electron chi connectivity index (χ4n) is 3.17. The first-order chi connectivity index (χ1) is 14.8. The van der Waals surface area contributed by atoms with Crippen LogP contribution in [0.25, 0.3) is 0 Å². The van der Waals surface area contributed by atoms with Crippen molar-refractivity contribution < 1.29 is 34.0 Å². The van der Waals surface area contributed by atoms with E-state index in [1.807, 2.05) is 6.92 Å². The minimum absolute atomic E-state index is 0.0224. The van der Waals surface area contributed by atoms with Gasteiger partial charge in [-0.2, -0.15) is 0 Å². The highest BCUT2D eigenvalue weighted by atomic mass is 127. The predicted octanol–water partition coefficient (Wildman–Crippen LogP) is 5.07. The highest BCUT2D eigenvalue weighted by Crippen LogP contribution is 2.37. The fourth-order valence-corrected chi connectivity index (χ4v) is 3.69. The molecular weight excluding hydrogens is 517 g/mol. The normalized spacial score (nSPS) is 14.3. The molecule has 0 fully saturated rings. The van der Waals surface area contributed by atoms with Crippen molar-refractivity contribution >= 4 is 40.3 Å². The van der Waals surface area contributed by atoms with E-state index in [-0.39, 0.29) is 18.5 Å². The number of anilines is 1. The number of amides is 1. The molecule has 1 amide bonds. The Morgan fingerprint density at radius 3 is 2.77 bits per heavy atom. The van der Waals surface area contributed by atoms with Crippen LogP contribution in [0.4, 0.5) is 10.5 Å². The van der Waals surface area contributed by atoms with Crippen molar-refractivity contribution in [3.8, 4) is 17.2 Å². The lowest BCUT2D eigenvalue weighted by molar-refractivity contribution is -0.131. The third kappa shape index (κ3) is 6.27. The summed E-state index contributed by atoms with van der Waals surface area (Å²) in [6.45, 7) is 2.01. The Morgan fingerprint density at radius 2 is 2.00 bits per heavy atom. The number of aromatic hydroxyl groups is 1. The number of carbonyl (C=O) groups excluding carboxylic acids is 1. The molecule has 2 aromatic rings. The number of ether oxygens (including phenoxy) is 3. The summed E-state index contributed by atoms with van der Waals surface area (Å²) in [5.74, 6) is -0.0510. The number of carboxylic acid groups (broad SMARTS) is 1. The van der Waals surface area contributed by atoms with E-state index in [0.717, 1.165) is 9.65 Å². The number of halogens is 1. The summed E-state index contributed by atoms with van der Waals surface area (Å²) < 4.78 is 17.2. The van der Waals surface area contributed by atoms with Crippen LogP contribution in [0.2, 0.25) is 0 Å². The average Bonchev–Trinajstić information content (AvgIpc) is 3.19. The standard InChI is InChI=1S/C22H22INO7/c1-13(4-2-3-5-20(26)27)21(16-10-14(23)6-8-17(16)25)31-22(28)24-15-7-9-18-19(11-15)30-12-29-18/h3,5-11,13,21,25H,2,4,12H2,1H3,(H,24,28)(H,26,27)/b5-3+/t13-,21+/m0/s1. The fraction of sp³-hybridized carbons (Fsp3) is 0.273. The number of aliphatic carboxylic acids is 1. The van der Waals surface area contributed by atoms with Gasteiger partial charge in [-0.1, -0.05) is 13.0 Å². The molecule has 1 aliphatic heterocycles. The van der Waals surface area contributed by atoms with Crippen LogP contribution in [0.3, 0.4) is 0 Å². The van der Waals surface area contributed by atoms with Crippen molar-refractivity contribution in [2.24, 2.45) is 5.92 Å². The largest absolute Gasteiger partial charge is 0.508 e. The zero-order valence-corrected chi connectivity index (χ0v) is 18.9. The predicted molar refractivity (Wildman–Crippen MR) is 121 cm³/mol. The van der Waals surface area contributed by atoms with Crippen LogP contribution in [-0.4, -0.2) is 29.1 Å². The smallest absolute Gasteiger partial charge is 0.412 e. The molecule has 2 atom stereocenters. The van der Waals surface area contributed by atoms with Gasteiger partial charge in [-0.15, -0.1) is 0 Å². The Labute approximate surface area is 193 Å². The number of hydrogen-bond acceptors (Lipinski definition) is 6. The molecule has 0 spiro atoms. The summed E-state index contributed by atoms with van der Waals surface area (Å²) in [6, 6.07) is 10.1. The molecule has 8 nitrogen and oxygen atoms in total. The summed E-state index contributed by atoms with van der Waals surface area (Å²) in [7, 11) is 0. The molecule has 0 unspecified atom stereocenters. The molecule has 3 rings (SSSR count). The van der Waals surface area contributed by atoms with Crippen LogP contribution < -0.4 is 14.8 Å². The number of carbonyl (C=O) groups is 2. The van der Waals surface area contributed by atoms with Crippen LogP contribution in [-0.2, 0) is 9.53 Å². The van der Waals surface area contributed by atoms with Gasteiger partial charge in [0.2, 0.25) is 6.79 Å². The highest BCUT2D eigenvalue weighted by molar-refractivity contribution is 14.1. The van der Waals surface area contributed by atoms with Gasteiger partial charge >= 0.3 is 12.1 Å². The molecule has 9 heteroatoms. The Bertz CT molecular complexity index is 992. The SMILES string of the molecule is C[C@@H](CC/C=C/C(=O)O)[C@@H](OC(=O)Nc1ccc2c(c1)OCO2)c1cc(I)ccc1O. The van der Waals surface area contributed by atoms with Crippen molar-refractivity contribution in [3.63, 3.8) is 0 Å². The third-order valence-corrected chi connectivity index (χ3v) is 5.39. The average molecular weight is 539 g/mol. The second kappa shape index (κ2) is 10.4. The van der Waals surface area contributed by atoms with E-state index < -0.39 is 18.2 Å². The van der Waals surface area contributed by atoms with E-state index in [4.69, 9.17) is 19.3 Å². The third-order valence-electron chi connectivity index (χ3n) is 4.72. The number of phenols is 1. The Balaban J connectivity index is 1.74. The zero-order chi connectivity index (χ0) is 22.4. The van der Waals surface area contributed by atoms with Crippen LogP contribution in [0.15, 0.2) is 48.6 Å². The minimum Gasteiger partial charge on any atom is -0.508 e. The molecule has 3 N–H and O–H groups in total. The lowest BCUT2D eigenvalue weighted by atomic mass is 9.92. The Morgan fingerprint density at radius 1 is 1.23 bits per heavy atom. The number of phenolic OH excluding ortho intramolecular Hbond substituents is 1.